The van der Waals surface area contributed by atoms with Crippen LogP contribution < -0.4 is 0 Å². The van der Waals surface area contributed by atoms with Gasteiger partial charge in [0.1, 0.15) is 0 Å². The fraction of sp³-hybridized carbons (Fsp3) is 1.00. The van der Waals surface area contributed by atoms with Crippen LogP contribution in [0.25, 0.3) is 0 Å². The zero-order valence-electron chi connectivity index (χ0n) is 11.0. The lowest BCUT2D eigenvalue weighted by Gasteiger charge is -2.38. The number of nitrogens with zero attached hydrogens (tertiary/aromatic N) is 1. The Morgan fingerprint density at radius 2 is 2.22 bits per heavy atom. The summed E-state index contributed by atoms with van der Waals surface area (Å²) in [5, 5.41) is 10.4. The van der Waals surface area contributed by atoms with E-state index in [0.717, 1.165) is 32.3 Å². The van der Waals surface area contributed by atoms with Crippen LogP contribution in [0.2, 0.25) is 0 Å². The van der Waals surface area contributed by atoms with Crippen molar-refractivity contribution in [1.29, 1.82) is 0 Å². The first-order valence-electron chi connectivity index (χ1n) is 6.64. The van der Waals surface area contributed by atoms with Crippen LogP contribution in [0, 0.1) is 5.92 Å². The summed E-state index contributed by atoms with van der Waals surface area (Å²) in [4.78, 5) is 0. The van der Waals surface area contributed by atoms with E-state index >= 15 is 0 Å². The first kappa shape index (κ1) is 14.2. The number of ether oxygens (including phenoxy) is 1. The normalized spacial score (nSPS) is 35.6. The summed E-state index contributed by atoms with van der Waals surface area (Å²) in [7, 11) is -3.10. The van der Waals surface area contributed by atoms with Crippen LogP contribution in [-0.4, -0.2) is 56.0 Å². The maximum Gasteiger partial charge on any atom is 0.211 e. The number of sulfonamides is 1. The second-order valence-electron chi connectivity index (χ2n) is 5.71. The summed E-state index contributed by atoms with van der Waals surface area (Å²) in [6.45, 7) is 2.27. The number of rotatable bonds is 3. The Kier molecular flexibility index (Phi) is 4.31. The molecule has 0 amide bonds. The Morgan fingerprint density at radius 1 is 1.44 bits per heavy atom. The van der Waals surface area contributed by atoms with Crippen molar-refractivity contribution in [2.45, 2.75) is 37.7 Å². The highest BCUT2D eigenvalue weighted by atomic mass is 32.2. The fourth-order valence-corrected chi connectivity index (χ4v) is 3.97. The number of hydrogen-bond donors (Lipinski definition) is 1. The summed E-state index contributed by atoms with van der Waals surface area (Å²) in [6.07, 6.45) is 5.44. The van der Waals surface area contributed by atoms with Crippen LogP contribution in [0.15, 0.2) is 0 Å². The van der Waals surface area contributed by atoms with Gasteiger partial charge in [0, 0.05) is 19.7 Å². The van der Waals surface area contributed by atoms with Crippen molar-refractivity contribution in [3.05, 3.63) is 0 Å². The maximum atomic E-state index is 11.5. The maximum absolute atomic E-state index is 11.5. The summed E-state index contributed by atoms with van der Waals surface area (Å²) in [6, 6.07) is 0. The average molecular weight is 277 g/mol. The van der Waals surface area contributed by atoms with Gasteiger partial charge in [-0.25, -0.2) is 12.7 Å². The van der Waals surface area contributed by atoms with Crippen LogP contribution in [0.5, 0.6) is 0 Å². The Bertz CT molecular complexity index is 376. The summed E-state index contributed by atoms with van der Waals surface area (Å²) >= 11 is 0. The van der Waals surface area contributed by atoms with E-state index in [1.165, 1.54) is 10.6 Å². The van der Waals surface area contributed by atoms with Gasteiger partial charge < -0.3 is 9.84 Å². The van der Waals surface area contributed by atoms with E-state index in [4.69, 9.17) is 4.74 Å². The van der Waals surface area contributed by atoms with Gasteiger partial charge in [-0.1, -0.05) is 0 Å². The smallest absolute Gasteiger partial charge is 0.211 e. The highest BCUT2D eigenvalue weighted by Crippen LogP contribution is 2.31. The van der Waals surface area contributed by atoms with Gasteiger partial charge in [-0.2, -0.15) is 0 Å². The molecule has 18 heavy (non-hydrogen) atoms. The molecule has 2 aliphatic heterocycles. The predicted molar refractivity (Wildman–Crippen MR) is 68.8 cm³/mol. The minimum Gasteiger partial charge on any atom is -0.387 e. The van der Waals surface area contributed by atoms with Crippen LogP contribution in [0.3, 0.4) is 0 Å². The second kappa shape index (κ2) is 5.45. The molecule has 0 aromatic rings. The molecule has 5 nitrogen and oxygen atoms in total. The van der Waals surface area contributed by atoms with Crippen molar-refractivity contribution >= 4 is 10.0 Å². The summed E-state index contributed by atoms with van der Waals surface area (Å²) < 4.78 is 30.0. The first-order chi connectivity index (χ1) is 8.39. The molecule has 1 N–H and O–H groups in total. The Balaban J connectivity index is 1.93. The van der Waals surface area contributed by atoms with Crippen molar-refractivity contribution in [2.24, 2.45) is 5.92 Å². The molecule has 2 rings (SSSR count). The van der Waals surface area contributed by atoms with Crippen molar-refractivity contribution in [1.82, 2.24) is 4.31 Å². The molecule has 0 bridgehead atoms. The minimum absolute atomic E-state index is 0.250. The average Bonchev–Trinajstić information content (AvgIpc) is 2.28. The number of piperidine rings is 1. The largest absolute Gasteiger partial charge is 0.387 e. The molecule has 2 saturated heterocycles. The zero-order chi connectivity index (χ0) is 13.2. The molecule has 2 unspecified atom stereocenters. The van der Waals surface area contributed by atoms with Crippen molar-refractivity contribution < 1.29 is 18.3 Å². The Hall–Kier alpha value is -0.170. The van der Waals surface area contributed by atoms with E-state index in [9.17, 15) is 13.5 Å². The monoisotopic (exact) mass is 277 g/mol. The number of hydrogen-bond acceptors (Lipinski definition) is 4. The Labute approximate surface area is 109 Å². The quantitative estimate of drug-likeness (QED) is 0.820. The SMILES string of the molecule is CS(=O)(=O)N1CCCC(CC2(O)CCCOC2)C1. The third-order valence-electron chi connectivity index (χ3n) is 3.92. The van der Waals surface area contributed by atoms with Crippen LogP contribution in [0.4, 0.5) is 0 Å². The summed E-state index contributed by atoms with van der Waals surface area (Å²) in [5.41, 5.74) is -0.747. The highest BCUT2D eigenvalue weighted by molar-refractivity contribution is 7.88. The second-order valence-corrected chi connectivity index (χ2v) is 7.70. The first-order valence-corrected chi connectivity index (χ1v) is 8.49. The lowest BCUT2D eigenvalue weighted by molar-refractivity contribution is -0.0997. The lowest BCUT2D eigenvalue weighted by Crippen LogP contribution is -2.45. The minimum atomic E-state index is -3.10. The van der Waals surface area contributed by atoms with E-state index in [2.05, 4.69) is 0 Å². The molecule has 0 saturated carbocycles. The van der Waals surface area contributed by atoms with Gasteiger partial charge in [0.2, 0.25) is 10.0 Å². The highest BCUT2D eigenvalue weighted by Gasteiger charge is 2.35. The molecular formula is C12H23NO4S. The van der Waals surface area contributed by atoms with Crippen LogP contribution in [0.1, 0.15) is 32.1 Å². The zero-order valence-corrected chi connectivity index (χ0v) is 11.8. The Morgan fingerprint density at radius 3 is 2.83 bits per heavy atom. The lowest BCUT2D eigenvalue weighted by atomic mass is 9.83. The van der Waals surface area contributed by atoms with Crippen LogP contribution >= 0.6 is 0 Å². The fourth-order valence-electron chi connectivity index (χ4n) is 3.03. The molecule has 0 aromatic carbocycles. The third kappa shape index (κ3) is 3.66. The van der Waals surface area contributed by atoms with E-state index < -0.39 is 15.6 Å². The molecule has 2 aliphatic rings. The molecule has 6 heteroatoms. The molecule has 2 fully saturated rings. The molecule has 0 radical (unpaired) electrons. The molecule has 2 atom stereocenters. The van der Waals surface area contributed by atoms with Gasteiger partial charge in [-0.15, -0.1) is 0 Å². The third-order valence-corrected chi connectivity index (χ3v) is 5.19. The van der Waals surface area contributed by atoms with Gasteiger partial charge in [0.25, 0.3) is 0 Å². The van der Waals surface area contributed by atoms with E-state index in [1.807, 2.05) is 0 Å². The van der Waals surface area contributed by atoms with E-state index in [1.54, 1.807) is 0 Å². The number of aliphatic hydroxyl groups is 1. The van der Waals surface area contributed by atoms with Gasteiger partial charge in [0.05, 0.1) is 18.5 Å². The molecular weight excluding hydrogens is 254 g/mol. The van der Waals surface area contributed by atoms with Crippen LogP contribution in [-0.2, 0) is 14.8 Å². The molecule has 2 heterocycles. The summed E-state index contributed by atoms with van der Waals surface area (Å²) in [5.74, 6) is 0.250. The van der Waals surface area contributed by atoms with E-state index in [-0.39, 0.29) is 5.92 Å². The van der Waals surface area contributed by atoms with Crippen molar-refractivity contribution in [3.63, 3.8) is 0 Å². The predicted octanol–water partition coefficient (Wildman–Crippen LogP) is 0.590. The van der Waals surface area contributed by atoms with Gasteiger partial charge >= 0.3 is 0 Å². The molecule has 106 valence electrons. The molecule has 0 aliphatic carbocycles. The van der Waals surface area contributed by atoms with E-state index in [0.29, 0.717) is 26.1 Å². The van der Waals surface area contributed by atoms with Gasteiger partial charge in [0.15, 0.2) is 0 Å². The van der Waals surface area contributed by atoms with Crippen molar-refractivity contribution in [2.75, 3.05) is 32.6 Å². The van der Waals surface area contributed by atoms with Gasteiger partial charge in [-0.05, 0) is 38.0 Å². The van der Waals surface area contributed by atoms with Crippen molar-refractivity contribution in [3.8, 4) is 0 Å². The molecule has 0 aromatic heterocycles. The standard InChI is InChI=1S/C12H23NO4S/c1-18(15,16)13-6-2-4-11(9-13)8-12(14)5-3-7-17-10-12/h11,14H,2-10H2,1H3. The van der Waals surface area contributed by atoms with Gasteiger partial charge in [-0.3, -0.25) is 0 Å². The molecule has 0 spiro atoms. The topological polar surface area (TPSA) is 66.8 Å².